The SMILES string of the molecule is CN1C(=S)N(c2ccccc2)C(=O)C1=Cc1cn(CC(=O)NC2CC2)c2ccccc12. The van der Waals surface area contributed by atoms with Crippen molar-refractivity contribution in [1.82, 2.24) is 14.8 Å². The molecule has 1 saturated heterocycles. The van der Waals surface area contributed by atoms with Crippen LogP contribution in [0.1, 0.15) is 18.4 Å². The van der Waals surface area contributed by atoms with Crippen molar-refractivity contribution in [2.24, 2.45) is 0 Å². The van der Waals surface area contributed by atoms with Crippen LogP contribution in [0.3, 0.4) is 0 Å². The molecule has 2 aliphatic rings. The van der Waals surface area contributed by atoms with Gasteiger partial charge in [0.15, 0.2) is 5.11 Å². The summed E-state index contributed by atoms with van der Waals surface area (Å²) in [5.41, 5.74) is 3.07. The molecule has 6 nitrogen and oxygen atoms in total. The number of likely N-dealkylation sites (N-methyl/N-ethyl adjacent to an activating group) is 1. The number of nitrogens with zero attached hydrogens (tertiary/aromatic N) is 3. The molecule has 1 aromatic heterocycles. The van der Waals surface area contributed by atoms with Gasteiger partial charge in [0.05, 0.1) is 5.69 Å². The number of hydrogen-bond acceptors (Lipinski definition) is 3. The van der Waals surface area contributed by atoms with Gasteiger partial charge in [-0.15, -0.1) is 0 Å². The molecule has 0 unspecified atom stereocenters. The zero-order valence-electron chi connectivity index (χ0n) is 17.1. The van der Waals surface area contributed by atoms with Crippen LogP contribution in [0.4, 0.5) is 5.69 Å². The molecule has 0 spiro atoms. The maximum absolute atomic E-state index is 13.2. The molecule has 2 amide bonds. The summed E-state index contributed by atoms with van der Waals surface area (Å²) in [7, 11) is 1.80. The number of hydrogen-bond donors (Lipinski definition) is 1. The van der Waals surface area contributed by atoms with Crippen LogP contribution in [-0.2, 0) is 16.1 Å². The zero-order chi connectivity index (χ0) is 21.5. The van der Waals surface area contributed by atoms with Gasteiger partial charge in [-0.05, 0) is 49.3 Å². The van der Waals surface area contributed by atoms with E-state index in [-0.39, 0.29) is 18.4 Å². The predicted molar refractivity (Wildman–Crippen MR) is 125 cm³/mol. The number of carbonyl (C=O) groups is 2. The number of anilines is 1. The van der Waals surface area contributed by atoms with Gasteiger partial charge in [-0.1, -0.05) is 36.4 Å². The van der Waals surface area contributed by atoms with Gasteiger partial charge < -0.3 is 14.8 Å². The molecule has 0 bridgehead atoms. The van der Waals surface area contributed by atoms with E-state index in [1.54, 1.807) is 16.8 Å². The minimum Gasteiger partial charge on any atom is -0.352 e. The number of thiocarbonyl (C=S) groups is 1. The van der Waals surface area contributed by atoms with E-state index in [4.69, 9.17) is 12.2 Å². The van der Waals surface area contributed by atoms with Crippen molar-refractivity contribution in [3.8, 4) is 0 Å². The first kappa shape index (κ1) is 19.5. The third-order valence-electron chi connectivity index (χ3n) is 5.64. The van der Waals surface area contributed by atoms with Crippen molar-refractivity contribution in [1.29, 1.82) is 0 Å². The highest BCUT2D eigenvalue weighted by Crippen LogP contribution is 2.30. The Morgan fingerprint density at radius 1 is 1.13 bits per heavy atom. The lowest BCUT2D eigenvalue weighted by Gasteiger charge is -2.16. The lowest BCUT2D eigenvalue weighted by Crippen LogP contribution is -2.30. The molecule has 0 radical (unpaired) electrons. The van der Waals surface area contributed by atoms with E-state index >= 15 is 0 Å². The highest BCUT2D eigenvalue weighted by molar-refractivity contribution is 7.80. The Morgan fingerprint density at radius 3 is 2.58 bits per heavy atom. The monoisotopic (exact) mass is 430 g/mol. The summed E-state index contributed by atoms with van der Waals surface area (Å²) in [6, 6.07) is 17.6. The van der Waals surface area contributed by atoms with Crippen LogP contribution in [0.25, 0.3) is 17.0 Å². The Morgan fingerprint density at radius 2 is 1.84 bits per heavy atom. The van der Waals surface area contributed by atoms with E-state index in [1.165, 1.54) is 0 Å². The van der Waals surface area contributed by atoms with Crippen LogP contribution >= 0.6 is 12.2 Å². The zero-order valence-corrected chi connectivity index (χ0v) is 17.9. The van der Waals surface area contributed by atoms with E-state index in [9.17, 15) is 9.59 Å². The highest BCUT2D eigenvalue weighted by Gasteiger charge is 2.36. The van der Waals surface area contributed by atoms with Gasteiger partial charge >= 0.3 is 0 Å². The fourth-order valence-corrected chi connectivity index (χ4v) is 4.17. The number of carbonyl (C=O) groups excluding carboxylic acids is 2. The second kappa shape index (κ2) is 7.67. The topological polar surface area (TPSA) is 57.6 Å². The lowest BCUT2D eigenvalue weighted by molar-refractivity contribution is -0.121. The molecule has 2 aromatic carbocycles. The molecule has 2 heterocycles. The summed E-state index contributed by atoms with van der Waals surface area (Å²) >= 11 is 5.55. The second-order valence-electron chi connectivity index (χ2n) is 7.92. The standard InChI is InChI=1S/C24H22N4O2S/c1-26-21(23(30)28(24(26)31)18-7-3-2-4-8-18)13-16-14-27(15-22(29)25-17-11-12-17)20-10-6-5-9-19(16)20/h2-10,13-14,17H,11-12,15H2,1H3,(H,25,29). The smallest absolute Gasteiger partial charge is 0.281 e. The lowest BCUT2D eigenvalue weighted by atomic mass is 10.1. The highest BCUT2D eigenvalue weighted by atomic mass is 32.1. The average molecular weight is 431 g/mol. The molecule has 3 aromatic rings. The molecular formula is C24H22N4O2S. The molecule has 1 N–H and O–H groups in total. The van der Waals surface area contributed by atoms with Crippen molar-refractivity contribution in [2.75, 3.05) is 11.9 Å². The Kier molecular flexibility index (Phi) is 4.82. The summed E-state index contributed by atoms with van der Waals surface area (Å²) in [6.07, 6.45) is 5.90. The van der Waals surface area contributed by atoms with E-state index in [0.717, 1.165) is 35.0 Å². The second-order valence-corrected chi connectivity index (χ2v) is 8.28. The van der Waals surface area contributed by atoms with E-state index in [1.807, 2.05) is 71.4 Å². The fourth-order valence-electron chi connectivity index (χ4n) is 3.89. The van der Waals surface area contributed by atoms with Crippen molar-refractivity contribution < 1.29 is 9.59 Å². The van der Waals surface area contributed by atoms with E-state index in [2.05, 4.69) is 5.32 Å². The van der Waals surface area contributed by atoms with Crippen molar-refractivity contribution in [3.05, 3.63) is 72.1 Å². The van der Waals surface area contributed by atoms with Crippen LogP contribution in [0.5, 0.6) is 0 Å². The summed E-state index contributed by atoms with van der Waals surface area (Å²) in [4.78, 5) is 28.9. The minimum absolute atomic E-state index is 0.00736. The van der Waals surface area contributed by atoms with Gasteiger partial charge in [-0.3, -0.25) is 14.5 Å². The van der Waals surface area contributed by atoms with Crippen LogP contribution in [0, 0.1) is 0 Å². The largest absolute Gasteiger partial charge is 0.352 e. The van der Waals surface area contributed by atoms with E-state index in [0.29, 0.717) is 16.9 Å². The molecule has 2 fully saturated rings. The van der Waals surface area contributed by atoms with Gasteiger partial charge in [0.2, 0.25) is 5.91 Å². The average Bonchev–Trinajstić information content (AvgIpc) is 3.49. The van der Waals surface area contributed by atoms with Crippen LogP contribution < -0.4 is 10.2 Å². The fraction of sp³-hybridized carbons (Fsp3) is 0.208. The van der Waals surface area contributed by atoms with Crippen molar-refractivity contribution >= 4 is 51.8 Å². The number of amides is 2. The van der Waals surface area contributed by atoms with Gasteiger partial charge in [0, 0.05) is 35.8 Å². The molecule has 1 aliphatic carbocycles. The first-order valence-corrected chi connectivity index (χ1v) is 10.7. The van der Waals surface area contributed by atoms with Gasteiger partial charge in [0.1, 0.15) is 12.2 Å². The van der Waals surface area contributed by atoms with Crippen LogP contribution in [-0.4, -0.2) is 39.5 Å². The van der Waals surface area contributed by atoms with Crippen LogP contribution in [0.15, 0.2) is 66.5 Å². The molecule has 5 rings (SSSR count). The Labute approximate surface area is 185 Å². The number of aromatic nitrogens is 1. The first-order chi connectivity index (χ1) is 15.0. The molecule has 31 heavy (non-hydrogen) atoms. The molecule has 156 valence electrons. The van der Waals surface area contributed by atoms with Gasteiger partial charge in [0.25, 0.3) is 5.91 Å². The van der Waals surface area contributed by atoms with Crippen LogP contribution in [0.2, 0.25) is 0 Å². The Bertz CT molecular complexity index is 1230. The summed E-state index contributed by atoms with van der Waals surface area (Å²) < 4.78 is 1.94. The normalized spacial score (nSPS) is 17.8. The summed E-state index contributed by atoms with van der Waals surface area (Å²) in [6.45, 7) is 0.249. The van der Waals surface area contributed by atoms with E-state index < -0.39 is 0 Å². The number of para-hydroxylation sites is 2. The molecule has 0 atom stereocenters. The quantitative estimate of drug-likeness (QED) is 0.497. The maximum Gasteiger partial charge on any atom is 0.281 e. The molecule has 1 saturated carbocycles. The van der Waals surface area contributed by atoms with Crippen molar-refractivity contribution in [3.63, 3.8) is 0 Å². The number of rotatable bonds is 5. The number of fused-ring (bicyclic) bond motifs is 1. The third-order valence-corrected chi connectivity index (χ3v) is 6.10. The molecular weight excluding hydrogens is 408 g/mol. The molecule has 1 aliphatic heterocycles. The summed E-state index contributed by atoms with van der Waals surface area (Å²) in [5.74, 6) is -0.157. The Balaban J connectivity index is 1.51. The van der Waals surface area contributed by atoms with Gasteiger partial charge in [-0.25, -0.2) is 0 Å². The first-order valence-electron chi connectivity index (χ1n) is 10.3. The third kappa shape index (κ3) is 3.61. The summed E-state index contributed by atoms with van der Waals surface area (Å²) in [5, 5.41) is 4.46. The van der Waals surface area contributed by atoms with Gasteiger partial charge in [-0.2, -0.15) is 0 Å². The number of nitrogens with one attached hydrogen (secondary N) is 1. The molecule has 7 heteroatoms. The minimum atomic E-state index is -0.165. The Hall–Kier alpha value is -3.45. The predicted octanol–water partition coefficient (Wildman–Crippen LogP) is 3.52. The maximum atomic E-state index is 13.2. The van der Waals surface area contributed by atoms with Crippen molar-refractivity contribution in [2.45, 2.75) is 25.4 Å². The number of benzene rings is 2.